The van der Waals surface area contributed by atoms with Crippen molar-refractivity contribution < 1.29 is 4.52 Å². The van der Waals surface area contributed by atoms with Crippen molar-refractivity contribution in [1.82, 2.24) is 25.3 Å². The Morgan fingerprint density at radius 3 is 2.48 bits per heavy atom. The van der Waals surface area contributed by atoms with Gasteiger partial charge in [-0.1, -0.05) is 30.3 Å². The summed E-state index contributed by atoms with van der Waals surface area (Å²) in [7, 11) is 0. The topological polar surface area (TPSA) is 82.7 Å². The van der Waals surface area contributed by atoms with Crippen molar-refractivity contribution in [2.75, 3.05) is 44.2 Å². The maximum atomic E-state index is 5.32. The lowest BCUT2D eigenvalue weighted by molar-refractivity contribution is 0.371. The summed E-state index contributed by atoms with van der Waals surface area (Å²) >= 11 is 0. The highest BCUT2D eigenvalue weighted by Gasteiger charge is 2.20. The van der Waals surface area contributed by atoms with Crippen LogP contribution >= 0.6 is 24.0 Å². The number of rotatable bonds is 7. The van der Waals surface area contributed by atoms with Gasteiger partial charge in [-0.15, -0.1) is 24.0 Å². The maximum Gasteiger partial charge on any atom is 0.257 e. The number of halogens is 1. The van der Waals surface area contributed by atoms with E-state index in [0.717, 1.165) is 75.3 Å². The van der Waals surface area contributed by atoms with Crippen LogP contribution in [0.1, 0.15) is 25.2 Å². The number of anilines is 1. The molecule has 0 atom stereocenters. The van der Waals surface area contributed by atoms with Crippen molar-refractivity contribution in [2.45, 2.75) is 26.7 Å². The van der Waals surface area contributed by atoms with Crippen LogP contribution in [0.15, 0.2) is 58.2 Å². The van der Waals surface area contributed by atoms with Crippen molar-refractivity contribution in [3.05, 3.63) is 60.0 Å². The summed E-state index contributed by atoms with van der Waals surface area (Å²) < 4.78 is 5.32. The molecule has 0 spiro atoms. The van der Waals surface area contributed by atoms with Gasteiger partial charge >= 0.3 is 0 Å². The van der Waals surface area contributed by atoms with E-state index in [9.17, 15) is 0 Å². The van der Waals surface area contributed by atoms with E-state index in [4.69, 9.17) is 9.52 Å². The molecule has 0 aliphatic carbocycles. The number of nitrogens with one attached hydrogen (secondary N) is 1. The van der Waals surface area contributed by atoms with Gasteiger partial charge in [-0.25, -0.2) is 4.98 Å². The Bertz CT molecular complexity index is 999. The fraction of sp³-hybridized carbons (Fsp3) is 0.417. The van der Waals surface area contributed by atoms with E-state index in [-0.39, 0.29) is 24.0 Å². The van der Waals surface area contributed by atoms with Gasteiger partial charge in [0.2, 0.25) is 0 Å². The fourth-order valence-corrected chi connectivity index (χ4v) is 3.73. The van der Waals surface area contributed by atoms with E-state index in [1.165, 1.54) is 5.56 Å². The fourth-order valence-electron chi connectivity index (χ4n) is 3.73. The zero-order valence-corrected chi connectivity index (χ0v) is 21.6. The number of nitrogens with zero attached hydrogens (tertiary/aromatic N) is 6. The van der Waals surface area contributed by atoms with Crippen molar-refractivity contribution in [3.63, 3.8) is 0 Å². The summed E-state index contributed by atoms with van der Waals surface area (Å²) in [5.74, 6) is 3.34. The Morgan fingerprint density at radius 2 is 1.85 bits per heavy atom. The quantitative estimate of drug-likeness (QED) is 0.268. The predicted molar refractivity (Wildman–Crippen MR) is 142 cm³/mol. The minimum Gasteiger partial charge on any atom is -0.357 e. The molecule has 3 aromatic rings. The molecule has 0 unspecified atom stereocenters. The lowest BCUT2D eigenvalue weighted by Crippen LogP contribution is -2.52. The van der Waals surface area contributed by atoms with Crippen LogP contribution in [0.25, 0.3) is 11.5 Å². The standard InChI is InChI=1S/C24H31N7O.HI/c1-3-21-28-23(32-29-21)20-10-8-19(9-11-20)12-14-27-24(25-4-2)31-17-15-30(16-18-31)22-7-5-6-13-26-22;/h5-11,13H,3-4,12,14-18H2,1-2H3,(H,25,27);1H. The zero-order valence-electron chi connectivity index (χ0n) is 19.3. The Morgan fingerprint density at radius 1 is 1.06 bits per heavy atom. The molecule has 4 rings (SSSR count). The molecule has 2 aromatic heterocycles. The predicted octanol–water partition coefficient (Wildman–Crippen LogP) is 3.64. The summed E-state index contributed by atoms with van der Waals surface area (Å²) in [6.07, 6.45) is 3.50. The van der Waals surface area contributed by atoms with Gasteiger partial charge in [0.15, 0.2) is 11.8 Å². The van der Waals surface area contributed by atoms with Crippen LogP contribution in [0.5, 0.6) is 0 Å². The summed E-state index contributed by atoms with van der Waals surface area (Å²) in [4.78, 5) is 18.4. The van der Waals surface area contributed by atoms with Crippen LogP contribution in [0.3, 0.4) is 0 Å². The molecule has 0 saturated carbocycles. The average molecular weight is 561 g/mol. The highest BCUT2D eigenvalue weighted by Crippen LogP contribution is 2.18. The second-order valence-corrected chi connectivity index (χ2v) is 7.71. The monoisotopic (exact) mass is 561 g/mol. The van der Waals surface area contributed by atoms with Gasteiger partial charge in [0.1, 0.15) is 5.82 Å². The molecular weight excluding hydrogens is 529 g/mol. The van der Waals surface area contributed by atoms with Gasteiger partial charge in [-0.3, -0.25) is 4.99 Å². The molecule has 1 aliphatic heterocycles. The molecule has 33 heavy (non-hydrogen) atoms. The SMILES string of the molecule is CCNC(=NCCc1ccc(-c2nc(CC)no2)cc1)N1CCN(c2ccccn2)CC1.I. The molecule has 0 radical (unpaired) electrons. The summed E-state index contributed by atoms with van der Waals surface area (Å²) in [5.41, 5.74) is 2.19. The molecular formula is C24H32IN7O. The number of aromatic nitrogens is 3. The molecule has 9 heteroatoms. The molecule has 0 bridgehead atoms. The normalized spacial score (nSPS) is 14.2. The minimum atomic E-state index is 0. The van der Waals surface area contributed by atoms with E-state index in [1.807, 2.05) is 37.4 Å². The van der Waals surface area contributed by atoms with Crippen molar-refractivity contribution >= 4 is 35.8 Å². The first-order chi connectivity index (χ1) is 15.8. The third-order valence-corrected chi connectivity index (χ3v) is 5.53. The summed E-state index contributed by atoms with van der Waals surface area (Å²) in [6, 6.07) is 14.4. The number of piperazine rings is 1. The average Bonchev–Trinajstić information content (AvgIpc) is 3.34. The molecule has 1 aromatic carbocycles. The number of guanidine groups is 1. The number of hydrogen-bond donors (Lipinski definition) is 1. The smallest absolute Gasteiger partial charge is 0.257 e. The van der Waals surface area contributed by atoms with E-state index in [1.54, 1.807) is 0 Å². The molecule has 0 amide bonds. The van der Waals surface area contributed by atoms with E-state index >= 15 is 0 Å². The molecule has 176 valence electrons. The van der Waals surface area contributed by atoms with E-state index in [2.05, 4.69) is 55.4 Å². The van der Waals surface area contributed by atoms with Crippen LogP contribution < -0.4 is 10.2 Å². The molecule has 1 N–H and O–H groups in total. The first-order valence-corrected chi connectivity index (χ1v) is 11.4. The summed E-state index contributed by atoms with van der Waals surface area (Å²) in [5, 5.41) is 7.41. The lowest BCUT2D eigenvalue weighted by Gasteiger charge is -2.37. The first kappa shape index (κ1) is 24.9. The molecule has 3 heterocycles. The Kier molecular flexibility index (Phi) is 9.47. The number of pyridine rings is 1. The van der Waals surface area contributed by atoms with Gasteiger partial charge in [0.25, 0.3) is 5.89 Å². The number of benzene rings is 1. The largest absolute Gasteiger partial charge is 0.357 e. The maximum absolute atomic E-state index is 5.32. The summed E-state index contributed by atoms with van der Waals surface area (Å²) in [6.45, 7) is 9.47. The highest BCUT2D eigenvalue weighted by atomic mass is 127. The van der Waals surface area contributed by atoms with Gasteiger partial charge in [0.05, 0.1) is 0 Å². The molecule has 1 aliphatic rings. The Balaban J connectivity index is 0.00000306. The van der Waals surface area contributed by atoms with Crippen LogP contribution in [0, 0.1) is 0 Å². The van der Waals surface area contributed by atoms with Gasteiger partial charge < -0.3 is 19.6 Å². The highest BCUT2D eigenvalue weighted by molar-refractivity contribution is 14.0. The minimum absolute atomic E-state index is 0. The van der Waals surface area contributed by atoms with Gasteiger partial charge in [0, 0.05) is 57.4 Å². The molecule has 1 saturated heterocycles. The third-order valence-electron chi connectivity index (χ3n) is 5.53. The number of aryl methyl sites for hydroxylation is 1. The van der Waals surface area contributed by atoms with Crippen LogP contribution in [0.4, 0.5) is 5.82 Å². The molecule has 8 nitrogen and oxygen atoms in total. The van der Waals surface area contributed by atoms with E-state index in [0.29, 0.717) is 5.89 Å². The van der Waals surface area contributed by atoms with E-state index < -0.39 is 0 Å². The van der Waals surface area contributed by atoms with Crippen LogP contribution in [-0.4, -0.2) is 65.3 Å². The first-order valence-electron chi connectivity index (χ1n) is 11.4. The Hall–Kier alpha value is -2.69. The lowest BCUT2D eigenvalue weighted by atomic mass is 10.1. The van der Waals surface area contributed by atoms with Crippen molar-refractivity contribution in [2.24, 2.45) is 4.99 Å². The Labute approximate surface area is 212 Å². The second kappa shape index (κ2) is 12.5. The van der Waals surface area contributed by atoms with Crippen molar-refractivity contribution in [1.29, 1.82) is 0 Å². The second-order valence-electron chi connectivity index (χ2n) is 7.71. The third kappa shape index (κ3) is 6.66. The van der Waals surface area contributed by atoms with Crippen LogP contribution in [-0.2, 0) is 12.8 Å². The zero-order chi connectivity index (χ0) is 22.2. The van der Waals surface area contributed by atoms with Crippen molar-refractivity contribution in [3.8, 4) is 11.5 Å². The van der Waals surface area contributed by atoms with Gasteiger partial charge in [-0.2, -0.15) is 4.98 Å². The number of hydrogen-bond acceptors (Lipinski definition) is 6. The van der Waals surface area contributed by atoms with Crippen LogP contribution in [0.2, 0.25) is 0 Å². The number of aliphatic imine (C=N–C) groups is 1. The van der Waals surface area contributed by atoms with Gasteiger partial charge in [-0.05, 0) is 43.2 Å². The molecule has 1 fully saturated rings.